The van der Waals surface area contributed by atoms with E-state index < -0.39 is 5.97 Å². The quantitative estimate of drug-likeness (QED) is 0.903. The first kappa shape index (κ1) is 14.1. The Balaban J connectivity index is 1.74. The summed E-state index contributed by atoms with van der Waals surface area (Å²) in [5, 5.41) is 9.05. The highest BCUT2D eigenvalue weighted by Gasteiger charge is 2.15. The second kappa shape index (κ2) is 5.88. The molecule has 1 heterocycles. The standard InChI is InChI=1S/C17H22N2O2/c1-12-18-15-11-14(17(20)21)8-9-16(15)19(12)10-4-7-13-5-2-3-6-13/h8-9,11,13H,2-7,10H2,1H3,(H,20,21). The number of aromatic nitrogens is 2. The minimum absolute atomic E-state index is 0.304. The van der Waals surface area contributed by atoms with Crippen molar-refractivity contribution in [3.8, 4) is 0 Å². The number of aromatic carboxylic acids is 1. The van der Waals surface area contributed by atoms with E-state index in [0.29, 0.717) is 5.56 Å². The van der Waals surface area contributed by atoms with E-state index >= 15 is 0 Å². The summed E-state index contributed by atoms with van der Waals surface area (Å²) >= 11 is 0. The van der Waals surface area contributed by atoms with E-state index in [1.807, 2.05) is 13.0 Å². The maximum Gasteiger partial charge on any atom is 0.335 e. The molecule has 0 radical (unpaired) electrons. The lowest BCUT2D eigenvalue weighted by Crippen LogP contribution is -2.03. The molecule has 1 aliphatic rings. The van der Waals surface area contributed by atoms with Crippen LogP contribution in [0.4, 0.5) is 0 Å². The number of benzene rings is 1. The Kier molecular flexibility index (Phi) is 3.95. The van der Waals surface area contributed by atoms with Crippen LogP contribution in [-0.2, 0) is 6.54 Å². The first-order chi connectivity index (χ1) is 10.1. The molecule has 3 rings (SSSR count). The molecule has 0 amide bonds. The Morgan fingerprint density at radius 2 is 2.14 bits per heavy atom. The second-order valence-corrected chi connectivity index (χ2v) is 6.11. The summed E-state index contributed by atoms with van der Waals surface area (Å²) < 4.78 is 2.22. The molecule has 0 aliphatic heterocycles. The number of nitrogens with zero attached hydrogens (tertiary/aromatic N) is 2. The van der Waals surface area contributed by atoms with Gasteiger partial charge in [0.15, 0.2) is 0 Å². The maximum absolute atomic E-state index is 11.0. The zero-order chi connectivity index (χ0) is 14.8. The van der Waals surface area contributed by atoms with E-state index in [-0.39, 0.29) is 0 Å². The molecule has 0 spiro atoms. The predicted octanol–water partition coefficient (Wildman–Crippen LogP) is 4.01. The van der Waals surface area contributed by atoms with Gasteiger partial charge in [-0.05, 0) is 43.9 Å². The number of rotatable bonds is 5. The highest BCUT2D eigenvalue weighted by molar-refractivity contribution is 5.92. The molecule has 0 atom stereocenters. The van der Waals surface area contributed by atoms with Gasteiger partial charge in [0.05, 0.1) is 16.6 Å². The highest BCUT2D eigenvalue weighted by Crippen LogP contribution is 2.29. The van der Waals surface area contributed by atoms with Crippen molar-refractivity contribution in [2.45, 2.75) is 52.0 Å². The third-order valence-corrected chi connectivity index (χ3v) is 4.65. The van der Waals surface area contributed by atoms with E-state index in [2.05, 4.69) is 9.55 Å². The maximum atomic E-state index is 11.0. The molecule has 2 aromatic rings. The fourth-order valence-electron chi connectivity index (χ4n) is 3.50. The van der Waals surface area contributed by atoms with Crippen molar-refractivity contribution in [3.05, 3.63) is 29.6 Å². The monoisotopic (exact) mass is 286 g/mol. The van der Waals surface area contributed by atoms with Crippen molar-refractivity contribution in [1.82, 2.24) is 9.55 Å². The summed E-state index contributed by atoms with van der Waals surface area (Å²) in [7, 11) is 0. The zero-order valence-electron chi connectivity index (χ0n) is 12.5. The summed E-state index contributed by atoms with van der Waals surface area (Å²) in [6.07, 6.45) is 8.06. The molecule has 1 N–H and O–H groups in total. The summed E-state index contributed by atoms with van der Waals surface area (Å²) in [6, 6.07) is 5.21. The molecule has 112 valence electrons. The van der Waals surface area contributed by atoms with Gasteiger partial charge in [-0.3, -0.25) is 0 Å². The minimum atomic E-state index is -0.898. The van der Waals surface area contributed by atoms with Gasteiger partial charge in [0.1, 0.15) is 5.82 Å². The molecular formula is C17H22N2O2. The molecular weight excluding hydrogens is 264 g/mol. The number of carboxylic acids is 1. The Labute approximate surface area is 124 Å². The second-order valence-electron chi connectivity index (χ2n) is 6.11. The van der Waals surface area contributed by atoms with E-state index in [9.17, 15) is 4.79 Å². The smallest absolute Gasteiger partial charge is 0.335 e. The average Bonchev–Trinajstić information content (AvgIpc) is 3.06. The molecule has 4 heteroatoms. The lowest BCUT2D eigenvalue weighted by Gasteiger charge is -2.10. The summed E-state index contributed by atoms with van der Waals surface area (Å²) in [5.41, 5.74) is 2.13. The van der Waals surface area contributed by atoms with E-state index in [1.165, 1.54) is 38.5 Å². The van der Waals surface area contributed by atoms with Crippen LogP contribution in [0.1, 0.15) is 54.7 Å². The van der Waals surface area contributed by atoms with Gasteiger partial charge in [-0.1, -0.05) is 25.7 Å². The largest absolute Gasteiger partial charge is 0.478 e. The fraction of sp³-hybridized carbons (Fsp3) is 0.529. The predicted molar refractivity (Wildman–Crippen MR) is 82.6 cm³/mol. The molecule has 0 saturated heterocycles. The van der Waals surface area contributed by atoms with Gasteiger partial charge in [0.2, 0.25) is 0 Å². The van der Waals surface area contributed by atoms with Gasteiger partial charge in [0.25, 0.3) is 0 Å². The SMILES string of the molecule is Cc1nc2cc(C(=O)O)ccc2n1CCCC1CCCC1. The van der Waals surface area contributed by atoms with Crippen LogP contribution in [0, 0.1) is 12.8 Å². The van der Waals surface area contributed by atoms with Crippen molar-refractivity contribution >= 4 is 17.0 Å². The van der Waals surface area contributed by atoms with Gasteiger partial charge < -0.3 is 9.67 Å². The Hall–Kier alpha value is -1.84. The molecule has 4 nitrogen and oxygen atoms in total. The fourth-order valence-corrected chi connectivity index (χ4v) is 3.50. The molecule has 21 heavy (non-hydrogen) atoms. The van der Waals surface area contributed by atoms with Crippen molar-refractivity contribution in [1.29, 1.82) is 0 Å². The number of aryl methyl sites for hydroxylation is 2. The number of hydrogen-bond acceptors (Lipinski definition) is 2. The molecule has 0 bridgehead atoms. The van der Waals surface area contributed by atoms with Crippen LogP contribution in [0.5, 0.6) is 0 Å². The van der Waals surface area contributed by atoms with Crippen molar-refractivity contribution in [3.63, 3.8) is 0 Å². The van der Waals surface area contributed by atoms with E-state index in [1.54, 1.807) is 12.1 Å². The van der Waals surface area contributed by atoms with Gasteiger partial charge in [-0.2, -0.15) is 0 Å². The van der Waals surface area contributed by atoms with Crippen LogP contribution in [0.2, 0.25) is 0 Å². The van der Waals surface area contributed by atoms with Crippen LogP contribution < -0.4 is 0 Å². The summed E-state index contributed by atoms with van der Waals surface area (Å²) in [4.78, 5) is 15.5. The lowest BCUT2D eigenvalue weighted by molar-refractivity contribution is 0.0697. The highest BCUT2D eigenvalue weighted by atomic mass is 16.4. The molecule has 1 saturated carbocycles. The number of fused-ring (bicyclic) bond motifs is 1. The normalized spacial score (nSPS) is 15.9. The third-order valence-electron chi connectivity index (χ3n) is 4.65. The summed E-state index contributed by atoms with van der Waals surface area (Å²) in [5.74, 6) is 0.989. The van der Waals surface area contributed by atoms with Crippen molar-refractivity contribution in [2.24, 2.45) is 5.92 Å². The zero-order valence-corrected chi connectivity index (χ0v) is 12.5. The van der Waals surface area contributed by atoms with Gasteiger partial charge >= 0.3 is 5.97 Å². The topological polar surface area (TPSA) is 55.1 Å². The van der Waals surface area contributed by atoms with Crippen LogP contribution in [0.3, 0.4) is 0 Å². The van der Waals surface area contributed by atoms with Crippen LogP contribution in [0.25, 0.3) is 11.0 Å². The minimum Gasteiger partial charge on any atom is -0.478 e. The number of hydrogen-bond donors (Lipinski definition) is 1. The first-order valence-corrected chi connectivity index (χ1v) is 7.85. The van der Waals surface area contributed by atoms with E-state index in [0.717, 1.165) is 29.3 Å². The number of carboxylic acid groups (broad SMARTS) is 1. The lowest BCUT2D eigenvalue weighted by atomic mass is 10.0. The Bertz CT molecular complexity index is 654. The van der Waals surface area contributed by atoms with Gasteiger partial charge in [-0.25, -0.2) is 9.78 Å². The number of carbonyl (C=O) groups is 1. The molecule has 1 aromatic heterocycles. The van der Waals surface area contributed by atoms with Crippen molar-refractivity contribution in [2.75, 3.05) is 0 Å². The van der Waals surface area contributed by atoms with Gasteiger partial charge in [0, 0.05) is 6.54 Å². The van der Waals surface area contributed by atoms with Crippen LogP contribution >= 0.6 is 0 Å². The first-order valence-electron chi connectivity index (χ1n) is 7.85. The molecule has 1 aliphatic carbocycles. The molecule has 1 fully saturated rings. The summed E-state index contributed by atoms with van der Waals surface area (Å²) in [6.45, 7) is 2.97. The molecule has 1 aromatic carbocycles. The average molecular weight is 286 g/mol. The number of imidazole rings is 1. The van der Waals surface area contributed by atoms with Crippen LogP contribution in [0.15, 0.2) is 18.2 Å². The molecule has 0 unspecified atom stereocenters. The Morgan fingerprint density at radius 1 is 1.38 bits per heavy atom. The Morgan fingerprint density at radius 3 is 2.86 bits per heavy atom. The third kappa shape index (κ3) is 2.94. The van der Waals surface area contributed by atoms with Crippen LogP contribution in [-0.4, -0.2) is 20.6 Å². The van der Waals surface area contributed by atoms with Crippen molar-refractivity contribution < 1.29 is 9.90 Å². The van der Waals surface area contributed by atoms with Gasteiger partial charge in [-0.15, -0.1) is 0 Å². The van der Waals surface area contributed by atoms with E-state index in [4.69, 9.17) is 5.11 Å².